The van der Waals surface area contributed by atoms with Crippen LogP contribution in [-0.2, 0) is 0 Å². The maximum atomic E-state index is 2.58. The van der Waals surface area contributed by atoms with E-state index in [2.05, 4.69) is 62.3 Å². The molecule has 0 amide bonds. The Kier molecular flexibility index (Phi) is 4.92. The predicted octanol–water partition coefficient (Wildman–Crippen LogP) is 6.65. The molecule has 3 fully saturated rings. The summed E-state index contributed by atoms with van der Waals surface area (Å²) in [4.78, 5) is 0. The molecule has 3 rings (SSSR count). The van der Waals surface area contributed by atoms with Crippen molar-refractivity contribution in [2.75, 3.05) is 0 Å². The van der Waals surface area contributed by atoms with Gasteiger partial charge in [0.2, 0.25) is 0 Å². The van der Waals surface area contributed by atoms with Gasteiger partial charge in [0.25, 0.3) is 0 Å². The van der Waals surface area contributed by atoms with Gasteiger partial charge in [-0.3, -0.25) is 0 Å². The maximum Gasteiger partial charge on any atom is 0.149 e. The lowest BCUT2D eigenvalue weighted by molar-refractivity contribution is -0.0996. The molecule has 0 N–H and O–H groups in total. The molecule has 0 aromatic heterocycles. The van der Waals surface area contributed by atoms with Gasteiger partial charge in [0.05, 0.1) is 0 Å². The number of fused-ring (bicyclic) bond motifs is 2. The zero-order valence-corrected chi connectivity index (χ0v) is 16.1. The van der Waals surface area contributed by atoms with Crippen LogP contribution in [0.3, 0.4) is 0 Å². The molecule has 3 aliphatic carbocycles. The first-order valence-corrected chi connectivity index (χ1v) is 9.59. The molecule has 0 heterocycles. The van der Waals surface area contributed by atoms with Crippen LogP contribution in [0.4, 0.5) is 0 Å². The van der Waals surface area contributed by atoms with Crippen LogP contribution in [0.25, 0.3) is 0 Å². The minimum atomic E-state index is 0.628. The second-order valence-electron chi connectivity index (χ2n) is 9.90. The minimum Gasteiger partial charge on any atom is -0.0688 e. The molecular weight excluding hydrogens is 251 g/mol. The Morgan fingerprint density at radius 1 is 0.857 bits per heavy atom. The highest BCUT2D eigenvalue weighted by atomic mass is 14.6. The van der Waals surface area contributed by atoms with Crippen LogP contribution in [0.5, 0.6) is 0 Å². The molecular formula is C20H39B. The molecule has 0 nitrogen and oxygen atoms in total. The number of hydrogen-bond acceptors (Lipinski definition) is 0. The molecule has 0 spiro atoms. The molecule has 6 atom stereocenters. The van der Waals surface area contributed by atoms with Gasteiger partial charge in [-0.2, -0.15) is 0 Å². The Labute approximate surface area is 134 Å². The third-order valence-electron chi connectivity index (χ3n) is 8.22. The Morgan fingerprint density at radius 3 is 1.67 bits per heavy atom. The average molecular weight is 290 g/mol. The van der Waals surface area contributed by atoms with Crippen molar-refractivity contribution >= 4 is 6.71 Å². The molecule has 0 aromatic rings. The Bertz CT molecular complexity index is 343. The lowest BCUT2D eigenvalue weighted by Crippen LogP contribution is -2.56. The minimum absolute atomic E-state index is 0.628. The molecule has 3 aliphatic rings. The summed E-state index contributed by atoms with van der Waals surface area (Å²) in [5.41, 5.74) is 0.628. The second-order valence-corrected chi connectivity index (χ2v) is 9.90. The Hall–Kier alpha value is 0.0649. The Morgan fingerprint density at radius 2 is 1.33 bits per heavy atom. The predicted molar refractivity (Wildman–Crippen MR) is 97.2 cm³/mol. The summed E-state index contributed by atoms with van der Waals surface area (Å²) >= 11 is 0. The van der Waals surface area contributed by atoms with Gasteiger partial charge >= 0.3 is 0 Å². The van der Waals surface area contributed by atoms with Crippen LogP contribution in [0.15, 0.2) is 0 Å². The topological polar surface area (TPSA) is 0 Å². The highest BCUT2D eigenvalue weighted by Crippen LogP contribution is 2.66. The third-order valence-corrected chi connectivity index (χ3v) is 8.22. The molecule has 122 valence electrons. The number of hydrogen-bond donors (Lipinski definition) is 0. The van der Waals surface area contributed by atoms with Gasteiger partial charge < -0.3 is 0 Å². The van der Waals surface area contributed by atoms with E-state index in [-0.39, 0.29) is 0 Å². The van der Waals surface area contributed by atoms with E-state index in [1.165, 1.54) is 12.8 Å². The summed E-state index contributed by atoms with van der Waals surface area (Å²) in [6.07, 6.45) is 3.02. The molecule has 1 heteroatoms. The fourth-order valence-corrected chi connectivity index (χ4v) is 5.85. The lowest BCUT2D eigenvalue weighted by atomic mass is 9.20. The largest absolute Gasteiger partial charge is 0.149 e. The van der Waals surface area contributed by atoms with E-state index in [1.54, 1.807) is 0 Å². The summed E-state index contributed by atoms with van der Waals surface area (Å²) in [6.45, 7) is 23.4. The standard InChI is InChI=1S/C20H39B/c1-12(2)15(6)21(16(7)13(3)4)19-11-17-10-18(14(19)5)20(17,8)9/h12-19H,10-11H2,1-9H3/t14-,15?,16?,17+,18-,19-/m0/s1. The third kappa shape index (κ3) is 2.83. The van der Waals surface area contributed by atoms with Crippen molar-refractivity contribution in [3.63, 3.8) is 0 Å². The van der Waals surface area contributed by atoms with E-state index in [4.69, 9.17) is 0 Å². The second kappa shape index (κ2) is 5.93. The van der Waals surface area contributed by atoms with Crippen LogP contribution in [0.1, 0.15) is 75.2 Å². The molecule has 0 aromatic carbocycles. The van der Waals surface area contributed by atoms with E-state index < -0.39 is 0 Å². The molecule has 3 saturated carbocycles. The summed E-state index contributed by atoms with van der Waals surface area (Å²) in [5.74, 6) is 7.23. The van der Waals surface area contributed by atoms with Gasteiger partial charge in [-0.25, -0.2) is 0 Å². The van der Waals surface area contributed by atoms with E-state index in [0.717, 1.165) is 53.8 Å². The van der Waals surface area contributed by atoms with Crippen molar-refractivity contribution in [2.24, 2.45) is 35.0 Å². The van der Waals surface area contributed by atoms with Gasteiger partial charge in [0, 0.05) is 0 Å². The summed E-state index contributed by atoms with van der Waals surface area (Å²) in [5, 5.41) is 0. The van der Waals surface area contributed by atoms with Crippen LogP contribution in [0.2, 0.25) is 17.5 Å². The van der Waals surface area contributed by atoms with Crippen molar-refractivity contribution in [1.82, 2.24) is 0 Å². The van der Waals surface area contributed by atoms with Gasteiger partial charge in [-0.05, 0) is 29.6 Å². The first kappa shape index (κ1) is 17.4. The van der Waals surface area contributed by atoms with Crippen LogP contribution >= 0.6 is 0 Å². The zero-order valence-electron chi connectivity index (χ0n) is 16.1. The molecule has 0 radical (unpaired) electrons. The molecule has 2 bridgehead atoms. The normalized spacial score (nSPS) is 37.3. The smallest absolute Gasteiger partial charge is 0.0688 e. The molecule has 0 saturated heterocycles. The summed E-state index contributed by atoms with van der Waals surface area (Å²) < 4.78 is 0. The zero-order chi connectivity index (χ0) is 16.1. The highest BCUT2D eigenvalue weighted by molar-refractivity contribution is 6.63. The number of rotatable bonds is 5. The van der Waals surface area contributed by atoms with Gasteiger partial charge in [-0.1, -0.05) is 98.0 Å². The first-order chi connectivity index (χ1) is 9.59. The van der Waals surface area contributed by atoms with Crippen molar-refractivity contribution in [3.05, 3.63) is 0 Å². The summed E-state index contributed by atoms with van der Waals surface area (Å²) in [6, 6.07) is 0. The maximum absolute atomic E-state index is 2.58. The first-order valence-electron chi connectivity index (χ1n) is 9.59. The van der Waals surface area contributed by atoms with E-state index >= 15 is 0 Å². The monoisotopic (exact) mass is 290 g/mol. The average Bonchev–Trinajstić information content (AvgIpc) is 2.39. The molecule has 0 aliphatic heterocycles. The SMILES string of the molecule is CC(C)C(C)B(C(C)C(C)C)[C@H]1C[C@H]2C[C@@H]([C@@H]1C)C2(C)C. The van der Waals surface area contributed by atoms with Crippen LogP contribution in [0, 0.1) is 35.0 Å². The van der Waals surface area contributed by atoms with Crippen molar-refractivity contribution in [1.29, 1.82) is 0 Å². The molecule has 21 heavy (non-hydrogen) atoms. The highest BCUT2D eigenvalue weighted by Gasteiger charge is 2.58. The van der Waals surface area contributed by atoms with E-state index in [9.17, 15) is 0 Å². The summed E-state index contributed by atoms with van der Waals surface area (Å²) in [7, 11) is 0. The lowest BCUT2D eigenvalue weighted by Gasteiger charge is -2.64. The van der Waals surface area contributed by atoms with Gasteiger partial charge in [0.1, 0.15) is 6.71 Å². The fourth-order valence-electron chi connectivity index (χ4n) is 5.85. The van der Waals surface area contributed by atoms with Crippen molar-refractivity contribution in [3.8, 4) is 0 Å². The molecule has 2 unspecified atom stereocenters. The van der Waals surface area contributed by atoms with Crippen LogP contribution in [-0.4, -0.2) is 6.71 Å². The quantitative estimate of drug-likeness (QED) is 0.497. The van der Waals surface area contributed by atoms with Gasteiger partial charge in [-0.15, -0.1) is 0 Å². The van der Waals surface area contributed by atoms with Crippen molar-refractivity contribution in [2.45, 2.75) is 92.6 Å². The van der Waals surface area contributed by atoms with Gasteiger partial charge in [0.15, 0.2) is 0 Å². The van der Waals surface area contributed by atoms with Crippen molar-refractivity contribution < 1.29 is 0 Å². The van der Waals surface area contributed by atoms with E-state index in [1.807, 2.05) is 0 Å². The van der Waals surface area contributed by atoms with E-state index in [0.29, 0.717) is 5.41 Å². The van der Waals surface area contributed by atoms with Crippen LogP contribution < -0.4 is 0 Å². The Balaban J connectivity index is 2.22. The fraction of sp³-hybridized carbons (Fsp3) is 1.00.